The van der Waals surface area contributed by atoms with Gasteiger partial charge in [-0.1, -0.05) is 0 Å². The van der Waals surface area contributed by atoms with Crippen molar-refractivity contribution >= 4 is 53.2 Å². The molecule has 0 aliphatic heterocycles. The first kappa shape index (κ1) is 24.0. The molecule has 0 saturated heterocycles. The molecule has 0 saturated carbocycles. The Morgan fingerprint density at radius 2 is 0.765 bits per heavy atom. The van der Waals surface area contributed by atoms with Crippen molar-refractivity contribution in [2.24, 2.45) is 0 Å². The Morgan fingerprint density at radius 3 is 0.765 bits per heavy atom. The van der Waals surface area contributed by atoms with Crippen molar-refractivity contribution in [3.05, 3.63) is 0 Å². The average molecular weight is 443 g/mol. The fourth-order valence-corrected chi connectivity index (χ4v) is 7.79. The minimum absolute atomic E-state index is 0.0278. The number of rotatable bonds is 6. The molecule has 0 aliphatic carbocycles. The summed E-state index contributed by atoms with van der Waals surface area (Å²) in [6.45, 7) is 14.0. The van der Waals surface area contributed by atoms with E-state index >= 15 is 0 Å². The van der Waals surface area contributed by atoms with E-state index in [1.54, 1.807) is 0 Å². The van der Waals surface area contributed by atoms with Crippen LogP contribution in [-0.2, 0) is 0 Å². The van der Waals surface area contributed by atoms with Crippen LogP contribution in [0, 0.1) is 0 Å². The molecule has 17 heavy (non-hydrogen) atoms. The Kier molecular flexibility index (Phi) is 32.5. The minimum atomic E-state index is -0.403. The summed E-state index contributed by atoms with van der Waals surface area (Å²) in [5.41, 5.74) is 0. The van der Waals surface area contributed by atoms with E-state index in [2.05, 4.69) is 41.5 Å². The molecular formula is C13H33ClGe3. The van der Waals surface area contributed by atoms with Crippen molar-refractivity contribution in [2.75, 3.05) is 0 Å². The van der Waals surface area contributed by atoms with E-state index in [9.17, 15) is 0 Å². The SMILES string of the molecule is C[CH2][Ge]([CH2]C)[CH2]C.C[CH2][Ge]([CH2]C)[CH2]C.[CH3][Ge][Cl]. The molecule has 0 unspecified atom stereocenters. The fourth-order valence-electron chi connectivity index (χ4n) is 1.50. The van der Waals surface area contributed by atoms with E-state index in [1.165, 1.54) is 31.5 Å². The second kappa shape index (κ2) is 23.0. The monoisotopic (exact) mass is 446 g/mol. The van der Waals surface area contributed by atoms with E-state index in [4.69, 9.17) is 10.0 Å². The molecule has 0 aromatic carbocycles. The van der Waals surface area contributed by atoms with Crippen LogP contribution in [-0.4, -0.2) is 43.2 Å². The van der Waals surface area contributed by atoms with E-state index in [1.807, 2.05) is 5.76 Å². The molecule has 0 aromatic rings. The van der Waals surface area contributed by atoms with E-state index in [0.29, 0.717) is 0 Å². The maximum atomic E-state index is 5.12. The summed E-state index contributed by atoms with van der Waals surface area (Å²) in [5.74, 6) is 2.02. The van der Waals surface area contributed by atoms with Crippen LogP contribution >= 0.6 is 10.0 Å². The van der Waals surface area contributed by atoms with Crippen LogP contribution in [0.25, 0.3) is 0 Å². The quantitative estimate of drug-likeness (QED) is 0.444. The average Bonchev–Trinajstić information content (AvgIpc) is 2.35. The van der Waals surface area contributed by atoms with E-state index in [-0.39, 0.29) is 14.5 Å². The van der Waals surface area contributed by atoms with Crippen molar-refractivity contribution in [2.45, 2.75) is 78.8 Å². The van der Waals surface area contributed by atoms with Crippen LogP contribution in [0.3, 0.4) is 0 Å². The molecular weight excluding hydrogens is 409 g/mol. The van der Waals surface area contributed by atoms with Crippen LogP contribution in [0.5, 0.6) is 0 Å². The van der Waals surface area contributed by atoms with Gasteiger partial charge in [-0.2, -0.15) is 0 Å². The Balaban J connectivity index is -0.000000188. The Labute approximate surface area is 131 Å². The summed E-state index contributed by atoms with van der Waals surface area (Å²) in [7, 11) is 5.12. The zero-order valence-electron chi connectivity index (χ0n) is 13.1. The molecule has 0 fully saturated rings. The molecule has 0 amide bonds. The molecule has 4 heteroatoms. The van der Waals surface area contributed by atoms with Gasteiger partial charge in [0, 0.05) is 0 Å². The molecule has 0 aliphatic rings. The third-order valence-corrected chi connectivity index (χ3v) is 15.6. The summed E-state index contributed by atoms with van der Waals surface area (Å²) < 4.78 is 0. The number of hydrogen-bond acceptors (Lipinski definition) is 0. The van der Waals surface area contributed by atoms with E-state index in [0.717, 1.165) is 0 Å². The molecule has 0 rings (SSSR count). The predicted molar refractivity (Wildman–Crippen MR) is 91.9 cm³/mol. The van der Waals surface area contributed by atoms with Crippen molar-refractivity contribution in [3.8, 4) is 0 Å². The molecule has 0 N–H and O–H groups in total. The second-order valence-corrected chi connectivity index (χ2v) is 21.8. The number of halogens is 1. The fraction of sp³-hybridized carbons (Fsp3) is 1.00. The standard InChI is InChI=1S/2C6H15Ge.CH3ClGe/c2*1-4-7(5-2)6-3;1-3-2/h2*4-6H2,1-3H3;1H3. The third-order valence-electron chi connectivity index (χ3n) is 3.00. The first-order chi connectivity index (χ1) is 8.11. The van der Waals surface area contributed by atoms with Gasteiger partial charge in [0.05, 0.1) is 0 Å². The summed E-state index contributed by atoms with van der Waals surface area (Å²) in [4.78, 5) is 0. The molecule has 0 heterocycles. The molecule has 0 atom stereocenters. The zero-order chi connectivity index (χ0) is 14.1. The van der Waals surface area contributed by atoms with Gasteiger partial charge in [0.25, 0.3) is 0 Å². The van der Waals surface area contributed by atoms with Gasteiger partial charge in [-0.3, -0.25) is 0 Å². The van der Waals surface area contributed by atoms with Crippen molar-refractivity contribution in [1.82, 2.24) is 0 Å². The number of hydrogen-bond donors (Lipinski definition) is 0. The zero-order valence-corrected chi connectivity index (χ0v) is 20.2. The van der Waals surface area contributed by atoms with Crippen LogP contribution in [0.1, 0.15) is 41.5 Å². The summed E-state index contributed by atoms with van der Waals surface area (Å²) in [5, 5.41) is 9.12. The molecule has 0 nitrogen and oxygen atoms in total. The van der Waals surface area contributed by atoms with Gasteiger partial charge >= 0.3 is 132 Å². The Morgan fingerprint density at radius 1 is 0.647 bits per heavy atom. The summed E-state index contributed by atoms with van der Waals surface area (Å²) in [6.07, 6.45) is 0. The van der Waals surface area contributed by atoms with Crippen LogP contribution < -0.4 is 0 Å². The molecule has 4 radical (unpaired) electrons. The van der Waals surface area contributed by atoms with Gasteiger partial charge < -0.3 is 0 Å². The summed E-state index contributed by atoms with van der Waals surface area (Å²) in [6, 6.07) is 0. The van der Waals surface area contributed by atoms with Gasteiger partial charge in [-0.15, -0.1) is 0 Å². The van der Waals surface area contributed by atoms with Gasteiger partial charge in [0.15, 0.2) is 0 Å². The maximum absolute atomic E-state index is 5.12. The Hall–Kier alpha value is 1.92. The Bertz CT molecular complexity index is 81.8. The van der Waals surface area contributed by atoms with Crippen LogP contribution in [0.4, 0.5) is 0 Å². The third kappa shape index (κ3) is 23.4. The summed E-state index contributed by atoms with van der Waals surface area (Å²) >= 11 is -0.833. The van der Waals surface area contributed by atoms with Gasteiger partial charge in [0.2, 0.25) is 0 Å². The topological polar surface area (TPSA) is 0 Å². The molecule has 0 bridgehead atoms. The second-order valence-electron chi connectivity index (χ2n) is 3.81. The first-order valence-electron chi connectivity index (χ1n) is 7.05. The van der Waals surface area contributed by atoms with Gasteiger partial charge in [-0.05, 0) is 0 Å². The van der Waals surface area contributed by atoms with Gasteiger partial charge in [-0.25, -0.2) is 0 Å². The normalized spacial score (nSPS) is 9.53. The van der Waals surface area contributed by atoms with Crippen LogP contribution in [0.15, 0.2) is 0 Å². The van der Waals surface area contributed by atoms with Crippen molar-refractivity contribution < 1.29 is 0 Å². The van der Waals surface area contributed by atoms with Crippen molar-refractivity contribution in [3.63, 3.8) is 0 Å². The van der Waals surface area contributed by atoms with E-state index < -0.39 is 28.7 Å². The van der Waals surface area contributed by atoms with Crippen LogP contribution in [0.2, 0.25) is 37.3 Å². The van der Waals surface area contributed by atoms with Crippen molar-refractivity contribution in [1.29, 1.82) is 0 Å². The molecule has 0 aromatic heterocycles. The van der Waals surface area contributed by atoms with Gasteiger partial charge in [0.1, 0.15) is 0 Å². The molecule has 0 spiro atoms. The first-order valence-corrected chi connectivity index (χ1v) is 20.8. The molecule has 104 valence electrons. The predicted octanol–water partition coefficient (Wildman–Crippen LogP) is 5.97.